The van der Waals surface area contributed by atoms with E-state index in [0.29, 0.717) is 10.7 Å². The average molecular weight is 372 g/mol. The Bertz CT molecular complexity index is 946. The van der Waals surface area contributed by atoms with Gasteiger partial charge in [-0.3, -0.25) is 9.59 Å². The zero-order valence-electron chi connectivity index (χ0n) is 13.3. The van der Waals surface area contributed by atoms with Crippen LogP contribution in [0.15, 0.2) is 63.5 Å². The molecule has 0 fully saturated rings. The number of amides is 1. The number of hydroxylamine groups is 2. The van der Waals surface area contributed by atoms with E-state index < -0.39 is 16.9 Å². The SMILES string of the molecule is CC1=NN(c2ccccc2Cl)C(=O)C1=NN=C1C=C(N([O-])[O-])C=CC1=O. The molecule has 1 aliphatic carbocycles. The van der Waals surface area contributed by atoms with E-state index >= 15 is 0 Å². The topological polar surface area (TPSA) is 124 Å². The van der Waals surface area contributed by atoms with Crippen molar-refractivity contribution in [2.24, 2.45) is 15.3 Å². The van der Waals surface area contributed by atoms with Crippen LogP contribution in [0, 0.1) is 10.4 Å². The Morgan fingerprint density at radius 2 is 1.88 bits per heavy atom. The van der Waals surface area contributed by atoms with Crippen LogP contribution in [0.4, 0.5) is 5.69 Å². The van der Waals surface area contributed by atoms with Crippen LogP contribution in [-0.4, -0.2) is 34.1 Å². The van der Waals surface area contributed by atoms with E-state index in [2.05, 4.69) is 15.3 Å². The lowest BCUT2D eigenvalue weighted by Gasteiger charge is -2.39. The molecular formula is C16H10ClN5O4-2. The highest BCUT2D eigenvalue weighted by molar-refractivity contribution is 6.71. The number of carbonyl (C=O) groups excluding carboxylic acids is 2. The summed E-state index contributed by atoms with van der Waals surface area (Å²) in [5.41, 5.74) is 0.0174. The molecule has 2 aliphatic rings. The van der Waals surface area contributed by atoms with Gasteiger partial charge < -0.3 is 15.6 Å². The number of hydrogen-bond acceptors (Lipinski definition) is 8. The van der Waals surface area contributed by atoms with Crippen LogP contribution in [0.2, 0.25) is 5.02 Å². The molecule has 1 aromatic rings. The molecule has 1 heterocycles. The van der Waals surface area contributed by atoms with Crippen LogP contribution < -0.4 is 5.01 Å². The first kappa shape index (κ1) is 17.7. The van der Waals surface area contributed by atoms with Gasteiger partial charge >= 0.3 is 5.91 Å². The molecule has 0 saturated heterocycles. The first-order valence-electron chi connectivity index (χ1n) is 7.27. The fourth-order valence-electron chi connectivity index (χ4n) is 2.20. The number of carbonyl (C=O) groups is 2. The number of ketones is 1. The van der Waals surface area contributed by atoms with Crippen molar-refractivity contribution in [3.05, 3.63) is 63.6 Å². The van der Waals surface area contributed by atoms with Gasteiger partial charge in [0.05, 0.1) is 16.4 Å². The van der Waals surface area contributed by atoms with Crippen molar-refractivity contribution in [1.82, 2.24) is 5.23 Å². The maximum Gasteiger partial charge on any atom is 0.301 e. The first-order chi connectivity index (χ1) is 12.4. The van der Waals surface area contributed by atoms with Crippen molar-refractivity contribution in [2.75, 3.05) is 5.01 Å². The highest BCUT2D eigenvalue weighted by Crippen LogP contribution is 2.28. The summed E-state index contributed by atoms with van der Waals surface area (Å²) in [6.07, 6.45) is 3.08. The van der Waals surface area contributed by atoms with E-state index in [-0.39, 0.29) is 22.8 Å². The minimum absolute atomic E-state index is 0.0872. The van der Waals surface area contributed by atoms with E-state index in [1.165, 1.54) is 0 Å². The zero-order chi connectivity index (χ0) is 18.8. The second kappa shape index (κ2) is 7.00. The highest BCUT2D eigenvalue weighted by atomic mass is 35.5. The van der Waals surface area contributed by atoms with Crippen molar-refractivity contribution < 1.29 is 9.59 Å². The number of para-hydroxylation sites is 1. The number of halogens is 1. The van der Waals surface area contributed by atoms with Crippen molar-refractivity contribution in [3.8, 4) is 0 Å². The van der Waals surface area contributed by atoms with E-state index in [1.54, 1.807) is 31.2 Å². The molecule has 0 aromatic heterocycles. The number of hydrogen-bond donors (Lipinski definition) is 0. The largest absolute Gasteiger partial charge is 0.769 e. The Kier molecular flexibility index (Phi) is 4.76. The minimum Gasteiger partial charge on any atom is -0.769 e. The van der Waals surface area contributed by atoms with Crippen LogP contribution in [-0.2, 0) is 9.59 Å². The second-order valence-electron chi connectivity index (χ2n) is 5.21. The second-order valence-corrected chi connectivity index (χ2v) is 5.62. The molecule has 0 spiro atoms. The maximum absolute atomic E-state index is 12.5. The molecule has 9 nitrogen and oxygen atoms in total. The number of allylic oxidation sites excluding steroid dienone is 3. The van der Waals surface area contributed by atoms with Gasteiger partial charge in [-0.15, -0.1) is 10.2 Å². The molecule has 0 atom stereocenters. The normalized spacial score (nSPS) is 20.1. The lowest BCUT2D eigenvalue weighted by atomic mass is 10.1. The van der Waals surface area contributed by atoms with E-state index in [1.807, 2.05) is 0 Å². The Hall–Kier alpha value is -3.14. The Balaban J connectivity index is 1.92. The fraction of sp³-hybridized carbons (Fsp3) is 0.0625. The molecule has 3 rings (SSSR count). The third-order valence-corrected chi connectivity index (χ3v) is 3.80. The lowest BCUT2D eigenvalue weighted by molar-refractivity contribution is -0.112. The first-order valence-corrected chi connectivity index (χ1v) is 7.65. The fourth-order valence-corrected chi connectivity index (χ4v) is 2.42. The molecule has 0 saturated carbocycles. The number of benzene rings is 1. The number of hydrazone groups is 1. The third kappa shape index (κ3) is 3.31. The highest BCUT2D eigenvalue weighted by Gasteiger charge is 2.31. The molecule has 1 aromatic carbocycles. The van der Waals surface area contributed by atoms with Crippen LogP contribution in [0.3, 0.4) is 0 Å². The molecule has 0 bridgehead atoms. The van der Waals surface area contributed by atoms with Crippen molar-refractivity contribution in [1.29, 1.82) is 0 Å². The predicted molar refractivity (Wildman–Crippen MR) is 97.7 cm³/mol. The number of nitrogens with zero attached hydrogens (tertiary/aromatic N) is 5. The molecule has 26 heavy (non-hydrogen) atoms. The molecular weight excluding hydrogens is 362 g/mol. The standard InChI is InChI=1S/C16H10ClN5O4/c1-9-15(16(24)21(20-9)13-5-3-2-4-11(13)17)19-18-12-8-10(22(25)26)6-7-14(12)23/h2-8H,1H3/q-2. The molecule has 1 amide bonds. The Morgan fingerprint density at radius 3 is 2.58 bits per heavy atom. The quantitative estimate of drug-likeness (QED) is 0.594. The third-order valence-electron chi connectivity index (χ3n) is 3.48. The van der Waals surface area contributed by atoms with Gasteiger partial charge in [-0.2, -0.15) is 10.1 Å². The average Bonchev–Trinajstić information content (AvgIpc) is 2.88. The van der Waals surface area contributed by atoms with E-state index in [4.69, 9.17) is 11.6 Å². The van der Waals surface area contributed by atoms with E-state index in [0.717, 1.165) is 23.2 Å². The van der Waals surface area contributed by atoms with Gasteiger partial charge in [0.2, 0.25) is 5.78 Å². The maximum atomic E-state index is 12.5. The monoisotopic (exact) mass is 371 g/mol. The summed E-state index contributed by atoms with van der Waals surface area (Å²) in [6, 6.07) is 6.64. The molecule has 0 N–H and O–H groups in total. The molecule has 0 radical (unpaired) electrons. The van der Waals surface area contributed by atoms with Gasteiger partial charge in [0.25, 0.3) is 0 Å². The smallest absolute Gasteiger partial charge is 0.301 e. The lowest BCUT2D eigenvalue weighted by Crippen LogP contribution is -2.27. The van der Waals surface area contributed by atoms with Crippen molar-refractivity contribution in [3.63, 3.8) is 0 Å². The van der Waals surface area contributed by atoms with E-state index in [9.17, 15) is 20.0 Å². The molecule has 132 valence electrons. The Morgan fingerprint density at radius 1 is 1.15 bits per heavy atom. The predicted octanol–water partition coefficient (Wildman–Crippen LogP) is 2.18. The van der Waals surface area contributed by atoms with Gasteiger partial charge in [0.15, 0.2) is 5.71 Å². The summed E-state index contributed by atoms with van der Waals surface area (Å²) in [7, 11) is 0. The Labute approximate surface area is 152 Å². The molecule has 10 heteroatoms. The number of rotatable bonds is 3. The summed E-state index contributed by atoms with van der Waals surface area (Å²) in [6.45, 7) is 1.55. The molecule has 0 unspecified atom stereocenters. The summed E-state index contributed by atoms with van der Waals surface area (Å²) < 4.78 is 0. The summed E-state index contributed by atoms with van der Waals surface area (Å²) in [4.78, 5) is 24.3. The minimum atomic E-state index is -0.655. The van der Waals surface area contributed by atoms with Crippen LogP contribution in [0.5, 0.6) is 0 Å². The summed E-state index contributed by atoms with van der Waals surface area (Å²) in [5, 5.41) is 33.9. The number of anilines is 1. The van der Waals surface area contributed by atoms with Crippen molar-refractivity contribution in [2.45, 2.75) is 6.92 Å². The molecule has 1 aliphatic heterocycles. The summed E-state index contributed by atoms with van der Waals surface area (Å²) in [5.74, 6) is -1.12. The summed E-state index contributed by atoms with van der Waals surface area (Å²) >= 11 is 6.07. The van der Waals surface area contributed by atoms with Gasteiger partial charge in [-0.05, 0) is 37.3 Å². The van der Waals surface area contributed by atoms with Gasteiger partial charge in [0.1, 0.15) is 5.71 Å². The van der Waals surface area contributed by atoms with Gasteiger partial charge in [-0.25, -0.2) is 0 Å². The van der Waals surface area contributed by atoms with Gasteiger partial charge in [0, 0.05) is 5.70 Å². The van der Waals surface area contributed by atoms with Crippen LogP contribution >= 0.6 is 11.6 Å². The van der Waals surface area contributed by atoms with Gasteiger partial charge in [-0.1, -0.05) is 23.7 Å². The van der Waals surface area contributed by atoms with Crippen LogP contribution in [0.25, 0.3) is 0 Å². The zero-order valence-corrected chi connectivity index (χ0v) is 14.0. The van der Waals surface area contributed by atoms with Crippen molar-refractivity contribution >= 4 is 46.1 Å². The van der Waals surface area contributed by atoms with Crippen LogP contribution in [0.1, 0.15) is 6.92 Å².